The van der Waals surface area contributed by atoms with E-state index in [1.807, 2.05) is 0 Å². The molecule has 1 heterocycles. The zero-order valence-electron chi connectivity index (χ0n) is 12.6. The van der Waals surface area contributed by atoms with Crippen LogP contribution in [0.5, 0.6) is 0 Å². The van der Waals surface area contributed by atoms with Crippen LogP contribution in [0.3, 0.4) is 0 Å². The number of aromatic nitrogens is 3. The summed E-state index contributed by atoms with van der Waals surface area (Å²) in [6.45, 7) is -0.131. The number of alkyl halides is 3. The zero-order chi connectivity index (χ0) is 17.7. The number of rotatable bonds is 6. The number of Topliss-reactive ketones (excluding diaryl/α,β-unsaturated/α-hetero) is 1. The summed E-state index contributed by atoms with van der Waals surface area (Å²) >= 11 is 1.26. The lowest BCUT2D eigenvalue weighted by Crippen LogP contribution is -2.18. The molecule has 2 rings (SSSR count). The molecule has 0 unspecified atom stereocenters. The lowest BCUT2D eigenvalue weighted by molar-refractivity contribution is -0.137. The summed E-state index contributed by atoms with van der Waals surface area (Å²) < 4.78 is 38.0. The molecule has 0 amide bonds. The van der Waals surface area contributed by atoms with Crippen LogP contribution in [0, 0.1) is 0 Å². The zero-order valence-corrected chi connectivity index (χ0v) is 13.4. The van der Waals surface area contributed by atoms with Gasteiger partial charge in [0.2, 0.25) is 11.9 Å². The SMILES string of the molecule is CSc1nc(N)nc(NCC(=O)Cc2cccc(C(F)(F)F)c2)n1. The van der Waals surface area contributed by atoms with Gasteiger partial charge in [0.1, 0.15) is 0 Å². The van der Waals surface area contributed by atoms with E-state index >= 15 is 0 Å². The van der Waals surface area contributed by atoms with E-state index in [1.165, 1.54) is 23.9 Å². The van der Waals surface area contributed by atoms with E-state index in [0.29, 0.717) is 5.16 Å². The maximum atomic E-state index is 12.7. The Bertz CT molecular complexity index is 739. The van der Waals surface area contributed by atoms with Gasteiger partial charge in [0, 0.05) is 6.42 Å². The van der Waals surface area contributed by atoms with Crippen molar-refractivity contribution in [2.45, 2.75) is 17.8 Å². The molecule has 0 aliphatic carbocycles. The molecular formula is C14H14F3N5OS. The predicted molar refractivity (Wildman–Crippen MR) is 84.7 cm³/mol. The first-order chi connectivity index (χ1) is 11.3. The first kappa shape index (κ1) is 18.0. The van der Waals surface area contributed by atoms with E-state index in [0.717, 1.165) is 12.1 Å². The lowest BCUT2D eigenvalue weighted by Gasteiger charge is -2.09. The van der Waals surface area contributed by atoms with Crippen molar-refractivity contribution in [3.05, 3.63) is 35.4 Å². The Labute approximate surface area is 140 Å². The van der Waals surface area contributed by atoms with E-state index in [9.17, 15) is 18.0 Å². The number of nitrogens with one attached hydrogen (secondary N) is 1. The molecule has 0 saturated carbocycles. The van der Waals surface area contributed by atoms with E-state index in [-0.39, 0.29) is 36.2 Å². The van der Waals surface area contributed by atoms with Gasteiger partial charge in [0.15, 0.2) is 10.9 Å². The van der Waals surface area contributed by atoms with Gasteiger partial charge in [-0.15, -0.1) is 0 Å². The van der Waals surface area contributed by atoms with Crippen molar-refractivity contribution in [3.8, 4) is 0 Å². The Hall–Kier alpha value is -2.36. The normalized spacial score (nSPS) is 11.3. The van der Waals surface area contributed by atoms with Gasteiger partial charge in [0.05, 0.1) is 12.1 Å². The number of ketones is 1. The topological polar surface area (TPSA) is 93.8 Å². The summed E-state index contributed by atoms with van der Waals surface area (Å²) in [5, 5.41) is 3.10. The van der Waals surface area contributed by atoms with Crippen LogP contribution in [0.25, 0.3) is 0 Å². The number of carbonyl (C=O) groups is 1. The number of hydrogen-bond acceptors (Lipinski definition) is 7. The summed E-state index contributed by atoms with van der Waals surface area (Å²) in [6.07, 6.45) is -2.81. The number of thioether (sulfide) groups is 1. The Balaban J connectivity index is 1.98. The van der Waals surface area contributed by atoms with Gasteiger partial charge in [-0.2, -0.15) is 28.1 Å². The summed E-state index contributed by atoms with van der Waals surface area (Å²) in [5.74, 6) is -0.148. The molecule has 0 aliphatic heterocycles. The van der Waals surface area contributed by atoms with Gasteiger partial charge in [-0.3, -0.25) is 4.79 Å². The largest absolute Gasteiger partial charge is 0.416 e. The van der Waals surface area contributed by atoms with Crippen LogP contribution in [0.1, 0.15) is 11.1 Å². The lowest BCUT2D eigenvalue weighted by atomic mass is 10.1. The summed E-state index contributed by atoms with van der Waals surface area (Å²) in [7, 11) is 0. The van der Waals surface area contributed by atoms with Crippen LogP contribution < -0.4 is 11.1 Å². The number of nitrogens with zero attached hydrogens (tertiary/aromatic N) is 3. The highest BCUT2D eigenvalue weighted by atomic mass is 32.2. The standard InChI is InChI=1S/C14H14F3N5OS/c1-24-13-21-11(18)20-12(22-13)19-7-10(23)6-8-3-2-4-9(5-8)14(15,16)17/h2-5H,6-7H2,1H3,(H3,18,19,20,21,22). The Morgan fingerprint density at radius 2 is 2.04 bits per heavy atom. The first-order valence-electron chi connectivity index (χ1n) is 6.75. The van der Waals surface area contributed by atoms with Crippen LogP contribution in [-0.4, -0.2) is 33.5 Å². The minimum atomic E-state index is -4.44. The van der Waals surface area contributed by atoms with Gasteiger partial charge < -0.3 is 11.1 Å². The van der Waals surface area contributed by atoms with E-state index in [1.54, 1.807) is 6.26 Å². The molecule has 128 valence electrons. The van der Waals surface area contributed by atoms with E-state index < -0.39 is 11.7 Å². The Kier molecular flexibility index (Phi) is 5.60. The first-order valence-corrected chi connectivity index (χ1v) is 7.97. The fourth-order valence-electron chi connectivity index (χ4n) is 1.87. The van der Waals surface area contributed by atoms with Crippen molar-refractivity contribution in [3.63, 3.8) is 0 Å². The summed E-state index contributed by atoms with van der Waals surface area (Å²) in [5.41, 5.74) is 5.02. The van der Waals surface area contributed by atoms with Gasteiger partial charge in [0.25, 0.3) is 0 Å². The molecule has 0 aliphatic rings. The average molecular weight is 357 g/mol. The number of anilines is 2. The number of halogens is 3. The van der Waals surface area contributed by atoms with Crippen LogP contribution in [-0.2, 0) is 17.4 Å². The molecule has 0 bridgehead atoms. The molecule has 2 aromatic rings. The Morgan fingerprint density at radius 3 is 2.71 bits per heavy atom. The second-order valence-corrected chi connectivity index (χ2v) is 5.54. The molecule has 1 aromatic heterocycles. The maximum Gasteiger partial charge on any atom is 0.416 e. The fraction of sp³-hybridized carbons (Fsp3) is 0.286. The molecule has 6 nitrogen and oxygen atoms in total. The summed E-state index contributed by atoms with van der Waals surface area (Å²) in [6, 6.07) is 4.67. The molecule has 3 N–H and O–H groups in total. The highest BCUT2D eigenvalue weighted by Gasteiger charge is 2.30. The van der Waals surface area contributed by atoms with Crippen molar-refractivity contribution in [2.75, 3.05) is 23.9 Å². The van der Waals surface area contributed by atoms with E-state index in [4.69, 9.17) is 5.73 Å². The van der Waals surface area contributed by atoms with Crippen LogP contribution >= 0.6 is 11.8 Å². The third-order valence-corrected chi connectivity index (χ3v) is 3.46. The molecule has 10 heteroatoms. The molecule has 0 spiro atoms. The molecule has 0 fully saturated rings. The molecule has 1 aromatic carbocycles. The average Bonchev–Trinajstić information content (AvgIpc) is 2.52. The number of benzene rings is 1. The number of nitrogens with two attached hydrogens (primary N) is 1. The third-order valence-electron chi connectivity index (χ3n) is 2.91. The van der Waals surface area contributed by atoms with Gasteiger partial charge >= 0.3 is 6.18 Å². The second kappa shape index (κ2) is 7.47. The van der Waals surface area contributed by atoms with E-state index in [2.05, 4.69) is 20.3 Å². The van der Waals surface area contributed by atoms with Crippen molar-refractivity contribution in [1.82, 2.24) is 15.0 Å². The second-order valence-electron chi connectivity index (χ2n) is 4.77. The van der Waals surface area contributed by atoms with Crippen molar-refractivity contribution >= 4 is 29.4 Å². The van der Waals surface area contributed by atoms with Crippen LogP contribution in [0.2, 0.25) is 0 Å². The maximum absolute atomic E-state index is 12.7. The van der Waals surface area contributed by atoms with Crippen molar-refractivity contribution in [2.24, 2.45) is 0 Å². The predicted octanol–water partition coefficient (Wildman–Crippen LogP) is 2.42. The van der Waals surface area contributed by atoms with Gasteiger partial charge in [-0.1, -0.05) is 30.0 Å². The van der Waals surface area contributed by atoms with Crippen molar-refractivity contribution in [1.29, 1.82) is 0 Å². The van der Waals surface area contributed by atoms with Gasteiger partial charge in [-0.25, -0.2) is 0 Å². The highest BCUT2D eigenvalue weighted by Crippen LogP contribution is 2.29. The molecular weight excluding hydrogens is 343 g/mol. The fourth-order valence-corrected chi connectivity index (χ4v) is 2.23. The van der Waals surface area contributed by atoms with Crippen LogP contribution in [0.15, 0.2) is 29.4 Å². The quantitative estimate of drug-likeness (QED) is 0.767. The van der Waals surface area contributed by atoms with Gasteiger partial charge in [-0.05, 0) is 17.9 Å². The number of hydrogen-bond donors (Lipinski definition) is 2. The van der Waals surface area contributed by atoms with Crippen LogP contribution in [0.4, 0.5) is 25.1 Å². The Morgan fingerprint density at radius 1 is 1.29 bits per heavy atom. The minimum Gasteiger partial charge on any atom is -0.368 e. The smallest absolute Gasteiger partial charge is 0.368 e. The number of nitrogen functional groups attached to an aromatic ring is 1. The minimum absolute atomic E-state index is 0.0159. The monoisotopic (exact) mass is 357 g/mol. The molecule has 0 radical (unpaired) electrons. The molecule has 0 saturated heterocycles. The molecule has 24 heavy (non-hydrogen) atoms. The third kappa shape index (κ3) is 5.08. The highest BCUT2D eigenvalue weighted by molar-refractivity contribution is 7.98. The summed E-state index contributed by atoms with van der Waals surface area (Å²) in [4.78, 5) is 23.7. The number of carbonyl (C=O) groups excluding carboxylic acids is 1. The molecule has 0 atom stereocenters. The van der Waals surface area contributed by atoms with Crippen molar-refractivity contribution < 1.29 is 18.0 Å².